The minimum Gasteiger partial charge on any atom is -0.328 e. The van der Waals surface area contributed by atoms with Crippen molar-refractivity contribution in [1.82, 2.24) is 14.8 Å². The van der Waals surface area contributed by atoms with Crippen molar-refractivity contribution in [2.45, 2.75) is 18.9 Å². The van der Waals surface area contributed by atoms with Crippen molar-refractivity contribution in [2.75, 3.05) is 5.32 Å². The van der Waals surface area contributed by atoms with Crippen LogP contribution in [0.1, 0.15) is 24.4 Å². The van der Waals surface area contributed by atoms with Crippen LogP contribution in [0.25, 0.3) is 0 Å². The van der Waals surface area contributed by atoms with E-state index in [1.165, 1.54) is 12.4 Å². The lowest BCUT2D eigenvalue weighted by Crippen LogP contribution is -2.39. The highest BCUT2D eigenvalue weighted by atomic mass is 79.9. The second-order valence-corrected chi connectivity index (χ2v) is 6.32. The Morgan fingerprint density at radius 3 is 3.14 bits per heavy atom. The molecule has 0 radical (unpaired) electrons. The van der Waals surface area contributed by atoms with E-state index in [0.717, 1.165) is 10.2 Å². The number of carbonyl (C=O) groups is 1. The fraction of sp³-hybridized carbons (Fsp3) is 0.267. The number of hydrogen-bond donors (Lipinski definition) is 1. The smallest absolute Gasteiger partial charge is 0.226 e. The Morgan fingerprint density at radius 2 is 2.27 bits per heavy atom. The maximum Gasteiger partial charge on any atom is 0.226 e. The third kappa shape index (κ3) is 1.99. The third-order valence-electron chi connectivity index (χ3n) is 4.12. The lowest BCUT2D eigenvalue weighted by Gasteiger charge is -2.36. The molecule has 7 heteroatoms. The van der Waals surface area contributed by atoms with E-state index >= 15 is 0 Å². The van der Waals surface area contributed by atoms with Crippen LogP contribution in [0, 0.1) is 11.7 Å². The minimum absolute atomic E-state index is 0.0931. The lowest BCUT2D eigenvalue weighted by atomic mass is 9.80. The van der Waals surface area contributed by atoms with Gasteiger partial charge in [0.15, 0.2) is 0 Å². The summed E-state index contributed by atoms with van der Waals surface area (Å²) in [5.74, 6) is -0.182. The number of Topliss-reactive ketones (excluding diaryl/α,β-unsaturated/α-hetero) is 1. The lowest BCUT2D eigenvalue weighted by molar-refractivity contribution is -0.123. The van der Waals surface area contributed by atoms with Gasteiger partial charge in [0.2, 0.25) is 5.95 Å². The average Bonchev–Trinajstić information content (AvgIpc) is 2.96. The number of nitrogens with zero attached hydrogens (tertiary/aromatic N) is 3. The molecule has 0 fully saturated rings. The predicted molar refractivity (Wildman–Crippen MR) is 81.7 cm³/mol. The topological polar surface area (TPSA) is 59.8 Å². The number of aromatic nitrogens is 3. The molecule has 1 aromatic carbocycles. The van der Waals surface area contributed by atoms with E-state index in [1.54, 1.807) is 16.8 Å². The second-order valence-electron chi connectivity index (χ2n) is 5.41. The number of hydrogen-bond acceptors (Lipinski definition) is 4. The molecule has 1 N–H and O–H groups in total. The van der Waals surface area contributed by atoms with Crippen LogP contribution < -0.4 is 5.32 Å². The molecule has 0 amide bonds. The maximum absolute atomic E-state index is 14.4. The first-order valence-corrected chi connectivity index (χ1v) is 7.78. The Hall–Kier alpha value is -2.02. The van der Waals surface area contributed by atoms with Crippen molar-refractivity contribution >= 4 is 27.7 Å². The van der Waals surface area contributed by atoms with Gasteiger partial charge in [0.25, 0.3) is 0 Å². The second kappa shape index (κ2) is 5.01. The monoisotopic (exact) mass is 362 g/mol. The van der Waals surface area contributed by atoms with Crippen LogP contribution in [0.4, 0.5) is 10.3 Å². The quantitative estimate of drug-likeness (QED) is 0.846. The molecule has 1 aliphatic carbocycles. The van der Waals surface area contributed by atoms with E-state index in [1.807, 2.05) is 6.08 Å². The summed E-state index contributed by atoms with van der Waals surface area (Å²) < 4.78 is 16.8. The molecule has 4 rings (SSSR count). The molecule has 22 heavy (non-hydrogen) atoms. The zero-order valence-corrected chi connectivity index (χ0v) is 13.0. The van der Waals surface area contributed by atoms with Crippen LogP contribution in [0.5, 0.6) is 0 Å². The number of halogens is 2. The first-order valence-electron chi connectivity index (χ1n) is 6.99. The SMILES string of the molecule is O=C1CCC=C2Nc3ncnn3[C@@H](c3cc(Br)ccc3F)[C@H]12. The summed E-state index contributed by atoms with van der Waals surface area (Å²) >= 11 is 3.37. The van der Waals surface area contributed by atoms with Crippen LogP contribution in [0.3, 0.4) is 0 Å². The highest BCUT2D eigenvalue weighted by Gasteiger charge is 2.42. The van der Waals surface area contributed by atoms with Gasteiger partial charge in [-0.2, -0.15) is 10.1 Å². The Balaban J connectivity index is 1.95. The van der Waals surface area contributed by atoms with Crippen molar-refractivity contribution in [3.8, 4) is 0 Å². The number of nitrogens with one attached hydrogen (secondary N) is 1. The molecule has 0 bridgehead atoms. The van der Waals surface area contributed by atoms with Gasteiger partial charge in [-0.1, -0.05) is 22.0 Å². The van der Waals surface area contributed by atoms with E-state index in [0.29, 0.717) is 24.4 Å². The van der Waals surface area contributed by atoms with E-state index in [2.05, 4.69) is 31.3 Å². The summed E-state index contributed by atoms with van der Waals surface area (Å²) in [4.78, 5) is 16.6. The van der Waals surface area contributed by atoms with Crippen LogP contribution in [-0.2, 0) is 4.79 Å². The van der Waals surface area contributed by atoms with E-state index in [4.69, 9.17) is 0 Å². The van der Waals surface area contributed by atoms with Crippen LogP contribution in [-0.4, -0.2) is 20.5 Å². The van der Waals surface area contributed by atoms with Crippen molar-refractivity contribution in [3.05, 3.63) is 52.2 Å². The molecular formula is C15H12BrFN4O. The standard InChI is InChI=1S/C15H12BrFN4O/c16-8-4-5-10(17)9(6-8)14-13-11(2-1-3-12(13)22)20-15-18-7-19-21(14)15/h2,4-7,13-14H,1,3H2,(H,18,19,20)/t13-,14-/m0/s1. The highest BCUT2D eigenvalue weighted by molar-refractivity contribution is 9.10. The van der Waals surface area contributed by atoms with Gasteiger partial charge in [-0.15, -0.1) is 0 Å². The number of allylic oxidation sites excluding steroid dienone is 2. The molecule has 2 aromatic rings. The maximum atomic E-state index is 14.4. The molecule has 112 valence electrons. The Kier molecular flexibility index (Phi) is 3.11. The molecule has 0 unspecified atom stereocenters. The van der Waals surface area contributed by atoms with Gasteiger partial charge in [0.1, 0.15) is 17.9 Å². The normalized spacial score (nSPS) is 23.4. The molecule has 2 aliphatic rings. The van der Waals surface area contributed by atoms with E-state index < -0.39 is 12.0 Å². The number of benzene rings is 1. The Morgan fingerprint density at radius 1 is 1.41 bits per heavy atom. The number of ketones is 1. The largest absolute Gasteiger partial charge is 0.328 e. The number of anilines is 1. The van der Waals surface area contributed by atoms with Crippen molar-refractivity contribution in [1.29, 1.82) is 0 Å². The van der Waals surface area contributed by atoms with Gasteiger partial charge in [-0.3, -0.25) is 4.79 Å². The highest BCUT2D eigenvalue weighted by Crippen LogP contribution is 2.42. The van der Waals surface area contributed by atoms with Gasteiger partial charge in [-0.05, 0) is 24.6 Å². The fourth-order valence-corrected chi connectivity index (χ4v) is 3.55. The summed E-state index contributed by atoms with van der Waals surface area (Å²) in [6.07, 6.45) is 4.56. The number of rotatable bonds is 1. The summed E-state index contributed by atoms with van der Waals surface area (Å²) in [6.45, 7) is 0. The molecule has 0 spiro atoms. The van der Waals surface area contributed by atoms with Crippen LogP contribution in [0.15, 0.2) is 40.8 Å². The zero-order valence-electron chi connectivity index (χ0n) is 11.5. The number of carbonyl (C=O) groups excluding carboxylic acids is 1. The first-order chi connectivity index (χ1) is 10.6. The van der Waals surface area contributed by atoms with E-state index in [-0.39, 0.29) is 11.6 Å². The van der Waals surface area contributed by atoms with Crippen molar-refractivity contribution in [2.24, 2.45) is 5.92 Å². The van der Waals surface area contributed by atoms with Gasteiger partial charge >= 0.3 is 0 Å². The molecular weight excluding hydrogens is 351 g/mol. The molecule has 2 atom stereocenters. The molecule has 1 aromatic heterocycles. The molecule has 0 saturated carbocycles. The predicted octanol–water partition coefficient (Wildman–Crippen LogP) is 3.06. The Bertz CT molecular complexity index is 801. The first kappa shape index (κ1) is 13.6. The van der Waals surface area contributed by atoms with Crippen LogP contribution in [0.2, 0.25) is 0 Å². The molecule has 5 nitrogen and oxygen atoms in total. The van der Waals surface area contributed by atoms with Gasteiger partial charge in [0, 0.05) is 22.2 Å². The summed E-state index contributed by atoms with van der Waals surface area (Å²) in [6, 6.07) is 4.22. The van der Waals surface area contributed by atoms with Gasteiger partial charge in [0.05, 0.1) is 12.0 Å². The number of fused-ring (bicyclic) bond motifs is 2. The molecule has 0 saturated heterocycles. The fourth-order valence-electron chi connectivity index (χ4n) is 3.17. The van der Waals surface area contributed by atoms with Crippen LogP contribution >= 0.6 is 15.9 Å². The van der Waals surface area contributed by atoms with Crippen molar-refractivity contribution in [3.63, 3.8) is 0 Å². The average molecular weight is 363 g/mol. The van der Waals surface area contributed by atoms with Crippen molar-refractivity contribution < 1.29 is 9.18 Å². The van der Waals surface area contributed by atoms with Gasteiger partial charge in [-0.25, -0.2) is 9.07 Å². The minimum atomic E-state index is -0.518. The van der Waals surface area contributed by atoms with Gasteiger partial charge < -0.3 is 5.32 Å². The van der Waals surface area contributed by atoms with E-state index in [9.17, 15) is 9.18 Å². The third-order valence-corrected chi connectivity index (χ3v) is 4.62. The summed E-state index contributed by atoms with van der Waals surface area (Å²) in [7, 11) is 0. The summed E-state index contributed by atoms with van der Waals surface area (Å²) in [5, 5.41) is 7.33. The Labute approximate surface area is 134 Å². The summed E-state index contributed by atoms with van der Waals surface area (Å²) in [5.41, 5.74) is 1.23. The molecule has 1 aliphatic heterocycles. The molecule has 2 heterocycles. The zero-order chi connectivity index (χ0) is 15.3.